The Balaban J connectivity index is 2.18. The highest BCUT2D eigenvalue weighted by atomic mass is 35.5. The van der Waals surface area contributed by atoms with Crippen LogP contribution in [0, 0.1) is 5.82 Å². The number of carbonyl (C=O) groups is 1. The maximum atomic E-state index is 13.4. The maximum absolute atomic E-state index is 13.4. The molecule has 0 bridgehead atoms. The lowest BCUT2D eigenvalue weighted by atomic mass is 10.2. The molecule has 0 saturated heterocycles. The smallest absolute Gasteiger partial charge is 0.255 e. The number of amides is 1. The third-order valence-corrected chi connectivity index (χ3v) is 2.56. The van der Waals surface area contributed by atoms with E-state index in [2.05, 4.69) is 5.32 Å². The van der Waals surface area contributed by atoms with E-state index < -0.39 is 11.7 Å². The van der Waals surface area contributed by atoms with Gasteiger partial charge in [0.05, 0.1) is 5.69 Å². The first-order valence-corrected chi connectivity index (χ1v) is 5.49. The van der Waals surface area contributed by atoms with Crippen molar-refractivity contribution in [3.8, 4) is 5.75 Å². The van der Waals surface area contributed by atoms with Crippen LogP contribution in [-0.2, 0) is 0 Å². The fourth-order valence-electron chi connectivity index (χ4n) is 1.40. The molecule has 2 N–H and O–H groups in total. The molecule has 3 nitrogen and oxygen atoms in total. The first kappa shape index (κ1) is 12.4. The van der Waals surface area contributed by atoms with Gasteiger partial charge in [-0.2, -0.15) is 0 Å². The van der Waals surface area contributed by atoms with E-state index in [1.54, 1.807) is 12.1 Å². The molecule has 0 atom stereocenters. The Hall–Kier alpha value is -2.07. The standard InChI is InChI=1S/C13H9ClFNO2/c14-9-3-1-8(2-4-9)13(18)16-12-6-5-10(17)7-11(12)15/h1-7,17H,(H,16,18). The Morgan fingerprint density at radius 2 is 1.83 bits per heavy atom. The van der Waals surface area contributed by atoms with Crippen LogP contribution in [0.15, 0.2) is 42.5 Å². The second kappa shape index (κ2) is 5.06. The molecule has 2 aromatic rings. The Kier molecular flexibility index (Phi) is 3.48. The van der Waals surface area contributed by atoms with Crippen molar-refractivity contribution >= 4 is 23.2 Å². The lowest BCUT2D eigenvalue weighted by Crippen LogP contribution is -2.12. The SMILES string of the molecule is O=C(Nc1ccc(O)cc1F)c1ccc(Cl)cc1. The molecule has 0 aliphatic rings. The predicted molar refractivity (Wildman–Crippen MR) is 67.5 cm³/mol. The summed E-state index contributed by atoms with van der Waals surface area (Å²) >= 11 is 5.70. The van der Waals surface area contributed by atoms with E-state index in [1.165, 1.54) is 24.3 Å². The molecule has 0 heterocycles. The number of rotatable bonds is 2. The van der Waals surface area contributed by atoms with Crippen LogP contribution in [0.3, 0.4) is 0 Å². The van der Waals surface area contributed by atoms with E-state index >= 15 is 0 Å². The van der Waals surface area contributed by atoms with Crippen molar-refractivity contribution < 1.29 is 14.3 Å². The van der Waals surface area contributed by atoms with Gasteiger partial charge in [0, 0.05) is 16.7 Å². The highest BCUT2D eigenvalue weighted by molar-refractivity contribution is 6.30. The summed E-state index contributed by atoms with van der Waals surface area (Å²) < 4.78 is 13.4. The van der Waals surface area contributed by atoms with Crippen LogP contribution in [0.2, 0.25) is 5.02 Å². The number of hydrogen-bond donors (Lipinski definition) is 2. The van der Waals surface area contributed by atoms with E-state index in [0.717, 1.165) is 6.07 Å². The molecule has 0 aliphatic carbocycles. The topological polar surface area (TPSA) is 49.3 Å². The molecule has 0 fully saturated rings. The van der Waals surface area contributed by atoms with Gasteiger partial charge in [-0.05, 0) is 36.4 Å². The summed E-state index contributed by atoms with van der Waals surface area (Å²) in [4.78, 5) is 11.8. The zero-order valence-electron chi connectivity index (χ0n) is 9.15. The van der Waals surface area contributed by atoms with Gasteiger partial charge >= 0.3 is 0 Å². The van der Waals surface area contributed by atoms with Gasteiger partial charge in [-0.15, -0.1) is 0 Å². The van der Waals surface area contributed by atoms with Gasteiger partial charge in [0.2, 0.25) is 0 Å². The van der Waals surface area contributed by atoms with Crippen LogP contribution in [-0.4, -0.2) is 11.0 Å². The quantitative estimate of drug-likeness (QED) is 0.817. The number of hydrogen-bond acceptors (Lipinski definition) is 2. The highest BCUT2D eigenvalue weighted by Gasteiger charge is 2.09. The average Bonchev–Trinajstić information content (AvgIpc) is 2.33. The molecule has 5 heteroatoms. The molecule has 0 saturated carbocycles. The van der Waals surface area contributed by atoms with Crippen molar-refractivity contribution in [1.29, 1.82) is 0 Å². The minimum atomic E-state index is -0.697. The van der Waals surface area contributed by atoms with Crippen LogP contribution in [0.25, 0.3) is 0 Å². The summed E-state index contributed by atoms with van der Waals surface area (Å²) in [7, 11) is 0. The van der Waals surface area contributed by atoms with E-state index in [-0.39, 0.29) is 11.4 Å². The Morgan fingerprint density at radius 3 is 2.44 bits per heavy atom. The van der Waals surface area contributed by atoms with Gasteiger partial charge in [-0.3, -0.25) is 4.79 Å². The van der Waals surface area contributed by atoms with Crippen molar-refractivity contribution in [2.75, 3.05) is 5.32 Å². The number of benzene rings is 2. The summed E-state index contributed by atoms with van der Waals surface area (Å²) in [5.74, 6) is -1.34. The number of anilines is 1. The molecule has 1 amide bonds. The zero-order chi connectivity index (χ0) is 13.1. The molecule has 0 aromatic heterocycles. The van der Waals surface area contributed by atoms with Crippen LogP contribution in [0.5, 0.6) is 5.75 Å². The molecular weight excluding hydrogens is 257 g/mol. The van der Waals surface area contributed by atoms with Gasteiger partial charge in [0.15, 0.2) is 0 Å². The number of phenols is 1. The van der Waals surface area contributed by atoms with Gasteiger partial charge in [-0.25, -0.2) is 4.39 Å². The third kappa shape index (κ3) is 2.78. The molecule has 0 unspecified atom stereocenters. The highest BCUT2D eigenvalue weighted by Crippen LogP contribution is 2.20. The number of phenolic OH excluding ortho intramolecular Hbond substituents is 1. The molecule has 2 aromatic carbocycles. The number of halogens is 2. The van der Waals surface area contributed by atoms with E-state index in [9.17, 15) is 9.18 Å². The van der Waals surface area contributed by atoms with Crippen LogP contribution in [0.4, 0.5) is 10.1 Å². The summed E-state index contributed by atoms with van der Waals surface area (Å²) in [6.45, 7) is 0. The van der Waals surface area contributed by atoms with Gasteiger partial charge in [-0.1, -0.05) is 11.6 Å². The van der Waals surface area contributed by atoms with E-state index in [1.807, 2.05) is 0 Å². The van der Waals surface area contributed by atoms with Crippen molar-refractivity contribution in [2.45, 2.75) is 0 Å². The van der Waals surface area contributed by atoms with Gasteiger partial charge < -0.3 is 10.4 Å². The lowest BCUT2D eigenvalue weighted by Gasteiger charge is -2.06. The Labute approximate surface area is 108 Å². The van der Waals surface area contributed by atoms with E-state index in [0.29, 0.717) is 10.6 Å². The van der Waals surface area contributed by atoms with Crippen molar-refractivity contribution in [3.05, 3.63) is 58.9 Å². The second-order valence-corrected chi connectivity index (χ2v) is 4.06. The lowest BCUT2D eigenvalue weighted by molar-refractivity contribution is 0.102. The van der Waals surface area contributed by atoms with Gasteiger partial charge in [0.1, 0.15) is 11.6 Å². The molecule has 0 aliphatic heterocycles. The monoisotopic (exact) mass is 265 g/mol. The largest absolute Gasteiger partial charge is 0.508 e. The van der Waals surface area contributed by atoms with E-state index in [4.69, 9.17) is 16.7 Å². The Bertz CT molecular complexity index is 584. The molecule has 92 valence electrons. The maximum Gasteiger partial charge on any atom is 0.255 e. The zero-order valence-corrected chi connectivity index (χ0v) is 9.91. The fraction of sp³-hybridized carbons (Fsp3) is 0. The molecule has 18 heavy (non-hydrogen) atoms. The normalized spacial score (nSPS) is 10.1. The molecule has 2 rings (SSSR count). The second-order valence-electron chi connectivity index (χ2n) is 3.63. The predicted octanol–water partition coefficient (Wildman–Crippen LogP) is 3.44. The number of aromatic hydroxyl groups is 1. The minimum Gasteiger partial charge on any atom is -0.508 e. The number of nitrogens with one attached hydrogen (secondary N) is 1. The van der Waals surface area contributed by atoms with Gasteiger partial charge in [0.25, 0.3) is 5.91 Å². The molecular formula is C13H9ClFNO2. The molecule has 0 radical (unpaired) electrons. The average molecular weight is 266 g/mol. The van der Waals surface area contributed by atoms with Crippen molar-refractivity contribution in [3.63, 3.8) is 0 Å². The Morgan fingerprint density at radius 1 is 1.17 bits per heavy atom. The van der Waals surface area contributed by atoms with Crippen LogP contribution in [0.1, 0.15) is 10.4 Å². The first-order chi connectivity index (χ1) is 8.56. The summed E-state index contributed by atoms with van der Waals surface area (Å²) in [5, 5.41) is 12.0. The minimum absolute atomic E-state index is 0.00718. The fourth-order valence-corrected chi connectivity index (χ4v) is 1.53. The third-order valence-electron chi connectivity index (χ3n) is 2.31. The summed E-state index contributed by atoms with van der Waals surface area (Å²) in [5.41, 5.74) is 0.375. The van der Waals surface area contributed by atoms with Crippen molar-refractivity contribution in [2.24, 2.45) is 0 Å². The summed E-state index contributed by atoms with van der Waals surface area (Å²) in [6, 6.07) is 9.73. The van der Waals surface area contributed by atoms with Crippen LogP contribution >= 0.6 is 11.6 Å². The summed E-state index contributed by atoms with van der Waals surface area (Å²) in [6.07, 6.45) is 0. The van der Waals surface area contributed by atoms with Crippen LogP contribution < -0.4 is 5.32 Å². The number of carbonyl (C=O) groups excluding carboxylic acids is 1. The van der Waals surface area contributed by atoms with Crippen molar-refractivity contribution in [1.82, 2.24) is 0 Å². The molecule has 0 spiro atoms. The first-order valence-electron chi connectivity index (χ1n) is 5.12.